The van der Waals surface area contributed by atoms with Gasteiger partial charge in [0.1, 0.15) is 5.75 Å². The highest BCUT2D eigenvalue weighted by atomic mass is 19.4. The minimum atomic E-state index is -4.46. The minimum Gasteiger partial charge on any atom is -0.495 e. The summed E-state index contributed by atoms with van der Waals surface area (Å²) in [6, 6.07) is 8.45. The Hall–Kier alpha value is -3.03. The van der Waals surface area contributed by atoms with Gasteiger partial charge in [0.2, 0.25) is 5.91 Å². The number of benzene rings is 2. The Morgan fingerprint density at radius 1 is 1.00 bits per heavy atom. The average Bonchev–Trinajstić information content (AvgIpc) is 2.54. The van der Waals surface area contributed by atoms with Crippen LogP contribution in [0, 0.1) is 0 Å². The molecular formula is C17H15F3N2O3. The number of methoxy groups -OCH3 is 1. The highest BCUT2D eigenvalue weighted by molar-refractivity contribution is 6.04. The summed E-state index contributed by atoms with van der Waals surface area (Å²) in [5.41, 5.74) is -0.0407. The fourth-order valence-corrected chi connectivity index (χ4v) is 2.09. The molecular weight excluding hydrogens is 337 g/mol. The van der Waals surface area contributed by atoms with Crippen molar-refractivity contribution in [2.75, 3.05) is 17.7 Å². The first-order valence-corrected chi connectivity index (χ1v) is 7.15. The quantitative estimate of drug-likeness (QED) is 0.876. The molecule has 0 aliphatic rings. The smallest absolute Gasteiger partial charge is 0.416 e. The molecule has 2 amide bonds. The number of nitrogens with one attached hydrogen (secondary N) is 2. The van der Waals surface area contributed by atoms with Crippen molar-refractivity contribution in [1.82, 2.24) is 0 Å². The molecule has 0 aliphatic carbocycles. The summed E-state index contributed by atoms with van der Waals surface area (Å²) in [4.78, 5) is 23.4. The van der Waals surface area contributed by atoms with Gasteiger partial charge in [-0.2, -0.15) is 13.2 Å². The summed E-state index contributed by atoms with van der Waals surface area (Å²) in [6.07, 6.45) is -4.46. The highest BCUT2D eigenvalue weighted by Gasteiger charge is 2.30. The molecule has 0 unspecified atom stereocenters. The van der Waals surface area contributed by atoms with Crippen LogP contribution in [0.3, 0.4) is 0 Å². The van der Waals surface area contributed by atoms with Crippen LogP contribution in [0.25, 0.3) is 0 Å². The average molecular weight is 352 g/mol. The summed E-state index contributed by atoms with van der Waals surface area (Å²) in [7, 11) is 1.43. The van der Waals surface area contributed by atoms with Crippen LogP contribution in [0.2, 0.25) is 0 Å². The van der Waals surface area contributed by atoms with Crippen LogP contribution >= 0.6 is 0 Å². The zero-order valence-corrected chi connectivity index (χ0v) is 13.4. The molecule has 132 valence electrons. The molecule has 2 aromatic carbocycles. The molecule has 0 fully saturated rings. The van der Waals surface area contributed by atoms with E-state index in [4.69, 9.17) is 4.74 Å². The number of alkyl halides is 3. The maximum Gasteiger partial charge on any atom is 0.416 e. The summed E-state index contributed by atoms with van der Waals surface area (Å²) < 4.78 is 42.7. The molecule has 5 nitrogen and oxygen atoms in total. The summed E-state index contributed by atoms with van der Waals surface area (Å²) in [5.74, 6) is -0.486. The first-order valence-electron chi connectivity index (χ1n) is 7.15. The predicted octanol–water partition coefficient (Wildman–Crippen LogP) is 3.92. The van der Waals surface area contributed by atoms with Crippen molar-refractivity contribution in [3.63, 3.8) is 0 Å². The molecule has 0 atom stereocenters. The number of hydrogen-bond acceptors (Lipinski definition) is 3. The van der Waals surface area contributed by atoms with Gasteiger partial charge < -0.3 is 15.4 Å². The van der Waals surface area contributed by atoms with Crippen LogP contribution in [0.15, 0.2) is 42.5 Å². The normalized spacial score (nSPS) is 10.9. The molecule has 2 rings (SSSR count). The Balaban J connectivity index is 2.18. The SMILES string of the molecule is COc1ccc(NC(=O)c2ccc(C(F)(F)F)cc2)cc1NC(C)=O. The fourth-order valence-electron chi connectivity index (χ4n) is 2.09. The first-order chi connectivity index (χ1) is 11.7. The van der Waals surface area contributed by atoms with Gasteiger partial charge in [0.15, 0.2) is 0 Å². The Morgan fingerprint density at radius 3 is 2.16 bits per heavy atom. The number of amides is 2. The maximum atomic E-state index is 12.5. The van der Waals surface area contributed by atoms with E-state index in [0.29, 0.717) is 17.1 Å². The third kappa shape index (κ3) is 4.72. The molecule has 0 saturated heterocycles. The number of carbonyl (C=O) groups is 2. The zero-order valence-electron chi connectivity index (χ0n) is 13.4. The number of anilines is 2. The van der Waals surface area contributed by atoms with Gasteiger partial charge in [0.25, 0.3) is 5.91 Å². The van der Waals surface area contributed by atoms with Gasteiger partial charge in [-0.1, -0.05) is 0 Å². The second kappa shape index (κ2) is 7.25. The minimum absolute atomic E-state index is 0.0740. The van der Waals surface area contributed by atoms with E-state index in [1.54, 1.807) is 12.1 Å². The van der Waals surface area contributed by atoms with E-state index in [0.717, 1.165) is 24.3 Å². The summed E-state index contributed by atoms with van der Waals surface area (Å²) in [6.45, 7) is 1.33. The molecule has 8 heteroatoms. The van der Waals surface area contributed by atoms with Crippen molar-refractivity contribution in [3.05, 3.63) is 53.6 Å². The lowest BCUT2D eigenvalue weighted by Gasteiger charge is -2.12. The third-order valence-corrected chi connectivity index (χ3v) is 3.24. The molecule has 2 aromatic rings. The number of rotatable bonds is 4. The monoisotopic (exact) mass is 352 g/mol. The van der Waals surface area contributed by atoms with Gasteiger partial charge in [-0.05, 0) is 42.5 Å². The van der Waals surface area contributed by atoms with Gasteiger partial charge in [-0.25, -0.2) is 0 Å². The van der Waals surface area contributed by atoms with Crippen LogP contribution < -0.4 is 15.4 Å². The molecule has 0 heterocycles. The lowest BCUT2D eigenvalue weighted by atomic mass is 10.1. The van der Waals surface area contributed by atoms with Gasteiger partial charge >= 0.3 is 6.18 Å². The summed E-state index contributed by atoms with van der Waals surface area (Å²) in [5, 5.41) is 5.12. The Morgan fingerprint density at radius 2 is 1.64 bits per heavy atom. The molecule has 0 spiro atoms. The number of ether oxygens (including phenoxy) is 1. The van der Waals surface area contributed by atoms with E-state index in [-0.39, 0.29) is 11.5 Å². The van der Waals surface area contributed by atoms with Crippen LogP contribution in [0.1, 0.15) is 22.8 Å². The third-order valence-electron chi connectivity index (χ3n) is 3.24. The standard InChI is InChI=1S/C17H15F3N2O3/c1-10(23)21-14-9-13(7-8-15(14)25-2)22-16(24)11-3-5-12(6-4-11)17(18,19)20/h3-9H,1-2H3,(H,21,23)(H,22,24). The van der Waals surface area contributed by atoms with Crippen LogP contribution in [-0.4, -0.2) is 18.9 Å². The van der Waals surface area contributed by atoms with E-state index in [1.807, 2.05) is 0 Å². The lowest BCUT2D eigenvalue weighted by Crippen LogP contribution is -2.13. The molecule has 0 aromatic heterocycles. The molecule has 0 saturated carbocycles. The molecule has 0 radical (unpaired) electrons. The van der Waals surface area contributed by atoms with Gasteiger partial charge in [-0.3, -0.25) is 9.59 Å². The van der Waals surface area contributed by atoms with Crippen molar-refractivity contribution in [2.24, 2.45) is 0 Å². The zero-order chi connectivity index (χ0) is 18.6. The largest absolute Gasteiger partial charge is 0.495 e. The number of carbonyl (C=O) groups excluding carboxylic acids is 2. The van der Waals surface area contributed by atoms with Crippen molar-refractivity contribution >= 4 is 23.2 Å². The molecule has 25 heavy (non-hydrogen) atoms. The topological polar surface area (TPSA) is 67.4 Å². The second-order valence-electron chi connectivity index (χ2n) is 5.13. The lowest BCUT2D eigenvalue weighted by molar-refractivity contribution is -0.137. The van der Waals surface area contributed by atoms with Crippen molar-refractivity contribution < 1.29 is 27.5 Å². The Bertz CT molecular complexity index is 787. The van der Waals surface area contributed by atoms with E-state index in [2.05, 4.69) is 10.6 Å². The Kier molecular flexibility index (Phi) is 5.31. The number of hydrogen-bond donors (Lipinski definition) is 2. The maximum absolute atomic E-state index is 12.5. The van der Waals surface area contributed by atoms with Crippen LogP contribution in [0.5, 0.6) is 5.75 Å². The van der Waals surface area contributed by atoms with Crippen LogP contribution in [-0.2, 0) is 11.0 Å². The first kappa shape index (κ1) is 18.3. The van der Waals surface area contributed by atoms with Crippen molar-refractivity contribution in [3.8, 4) is 5.75 Å². The van der Waals surface area contributed by atoms with E-state index in [9.17, 15) is 22.8 Å². The van der Waals surface area contributed by atoms with Gasteiger partial charge in [0, 0.05) is 18.2 Å². The van der Waals surface area contributed by atoms with Gasteiger partial charge in [0.05, 0.1) is 18.4 Å². The molecule has 2 N–H and O–H groups in total. The second-order valence-corrected chi connectivity index (χ2v) is 5.13. The van der Waals surface area contributed by atoms with E-state index < -0.39 is 17.6 Å². The Labute approximate surface area is 141 Å². The summed E-state index contributed by atoms with van der Waals surface area (Å²) >= 11 is 0. The van der Waals surface area contributed by atoms with Crippen LogP contribution in [0.4, 0.5) is 24.5 Å². The molecule has 0 bridgehead atoms. The van der Waals surface area contributed by atoms with E-state index >= 15 is 0 Å². The predicted molar refractivity (Wildman–Crippen MR) is 86.7 cm³/mol. The van der Waals surface area contributed by atoms with Gasteiger partial charge in [-0.15, -0.1) is 0 Å². The molecule has 0 aliphatic heterocycles. The highest BCUT2D eigenvalue weighted by Crippen LogP contribution is 2.30. The fraction of sp³-hybridized carbons (Fsp3) is 0.176. The van der Waals surface area contributed by atoms with E-state index in [1.165, 1.54) is 20.1 Å². The van der Waals surface area contributed by atoms with Crippen molar-refractivity contribution in [2.45, 2.75) is 13.1 Å². The number of halogens is 3. The van der Waals surface area contributed by atoms with Crippen molar-refractivity contribution in [1.29, 1.82) is 0 Å².